The fourth-order valence-corrected chi connectivity index (χ4v) is 5.12. The van der Waals surface area contributed by atoms with E-state index in [1.54, 1.807) is 6.92 Å². The SMILES string of the molecule is CCOC(=O)[C@@H](S)Cc1ccc(OC[C@@]2(C)CCc3c(C)c(OCc4ccccc4)c(C)c(C)c3O2)cc1. The molecule has 202 valence electrons. The molecule has 0 bridgehead atoms. The van der Waals surface area contributed by atoms with Crippen LogP contribution in [0.3, 0.4) is 0 Å². The first-order chi connectivity index (χ1) is 18.2. The number of hydrogen-bond acceptors (Lipinski definition) is 6. The van der Waals surface area contributed by atoms with Crippen LogP contribution in [0.4, 0.5) is 0 Å². The molecule has 0 radical (unpaired) electrons. The third-order valence-corrected chi connectivity index (χ3v) is 7.64. The predicted octanol–water partition coefficient (Wildman–Crippen LogP) is 6.76. The molecule has 0 fully saturated rings. The molecule has 1 aliphatic heterocycles. The second kappa shape index (κ2) is 12.2. The Morgan fingerprint density at radius 1 is 0.974 bits per heavy atom. The van der Waals surface area contributed by atoms with Crippen LogP contribution in [-0.2, 0) is 29.0 Å². The van der Waals surface area contributed by atoms with Gasteiger partial charge in [0.2, 0.25) is 0 Å². The highest BCUT2D eigenvalue weighted by molar-refractivity contribution is 7.81. The summed E-state index contributed by atoms with van der Waals surface area (Å²) in [5, 5.41) is -0.476. The van der Waals surface area contributed by atoms with Gasteiger partial charge in [-0.05, 0) is 93.8 Å². The lowest BCUT2D eigenvalue weighted by molar-refractivity contribution is -0.142. The number of carbonyl (C=O) groups excluding carboxylic acids is 1. The smallest absolute Gasteiger partial charge is 0.319 e. The first-order valence-electron chi connectivity index (χ1n) is 13.3. The average Bonchev–Trinajstić information content (AvgIpc) is 2.92. The van der Waals surface area contributed by atoms with Crippen molar-refractivity contribution in [3.63, 3.8) is 0 Å². The van der Waals surface area contributed by atoms with E-state index in [4.69, 9.17) is 18.9 Å². The molecular formula is C32H38O5S. The highest BCUT2D eigenvalue weighted by Crippen LogP contribution is 2.44. The Morgan fingerprint density at radius 3 is 2.37 bits per heavy atom. The summed E-state index contributed by atoms with van der Waals surface area (Å²) in [5.74, 6) is 2.39. The van der Waals surface area contributed by atoms with Crippen molar-refractivity contribution >= 4 is 18.6 Å². The molecule has 3 aromatic carbocycles. The Labute approximate surface area is 231 Å². The van der Waals surface area contributed by atoms with Crippen molar-refractivity contribution in [1.29, 1.82) is 0 Å². The van der Waals surface area contributed by atoms with Crippen LogP contribution in [0.15, 0.2) is 54.6 Å². The van der Waals surface area contributed by atoms with Gasteiger partial charge in [-0.25, -0.2) is 0 Å². The van der Waals surface area contributed by atoms with Gasteiger partial charge in [0, 0.05) is 5.56 Å². The second-order valence-electron chi connectivity index (χ2n) is 10.2. The van der Waals surface area contributed by atoms with Crippen LogP contribution >= 0.6 is 12.6 Å². The fraction of sp³-hybridized carbons (Fsp3) is 0.406. The van der Waals surface area contributed by atoms with Gasteiger partial charge in [-0.15, -0.1) is 0 Å². The van der Waals surface area contributed by atoms with Crippen LogP contribution in [0.25, 0.3) is 0 Å². The van der Waals surface area contributed by atoms with E-state index in [1.165, 1.54) is 5.56 Å². The number of thiol groups is 1. The van der Waals surface area contributed by atoms with Crippen LogP contribution in [0.1, 0.15) is 53.6 Å². The molecule has 0 spiro atoms. The number of fused-ring (bicyclic) bond motifs is 1. The first kappa shape index (κ1) is 27.9. The molecule has 1 aliphatic rings. The molecule has 0 unspecified atom stereocenters. The molecule has 0 aliphatic carbocycles. The highest BCUT2D eigenvalue weighted by Gasteiger charge is 2.35. The highest BCUT2D eigenvalue weighted by atomic mass is 32.1. The fourth-order valence-electron chi connectivity index (χ4n) is 4.83. The summed E-state index contributed by atoms with van der Waals surface area (Å²) in [6.45, 7) is 11.6. The van der Waals surface area contributed by atoms with Gasteiger partial charge in [0.15, 0.2) is 0 Å². The van der Waals surface area contributed by atoms with E-state index in [9.17, 15) is 4.79 Å². The maximum atomic E-state index is 11.8. The predicted molar refractivity (Wildman–Crippen MR) is 154 cm³/mol. The molecule has 4 rings (SSSR count). The Balaban J connectivity index is 1.40. The van der Waals surface area contributed by atoms with Gasteiger partial charge >= 0.3 is 5.97 Å². The average molecular weight is 535 g/mol. The van der Waals surface area contributed by atoms with Crippen molar-refractivity contribution in [3.05, 3.63) is 88.0 Å². The van der Waals surface area contributed by atoms with Gasteiger partial charge in [-0.3, -0.25) is 4.79 Å². The third-order valence-electron chi connectivity index (χ3n) is 7.24. The van der Waals surface area contributed by atoms with Gasteiger partial charge in [0.1, 0.15) is 41.3 Å². The summed E-state index contributed by atoms with van der Waals surface area (Å²) in [7, 11) is 0. The van der Waals surface area contributed by atoms with Gasteiger partial charge in [0.05, 0.1) is 6.61 Å². The summed E-state index contributed by atoms with van der Waals surface area (Å²) in [6, 6.07) is 18.0. The topological polar surface area (TPSA) is 54.0 Å². The van der Waals surface area contributed by atoms with Crippen LogP contribution in [-0.4, -0.2) is 30.0 Å². The lowest BCUT2D eigenvalue weighted by Gasteiger charge is -2.38. The van der Waals surface area contributed by atoms with E-state index in [2.05, 4.69) is 52.5 Å². The molecule has 3 aromatic rings. The summed E-state index contributed by atoms with van der Waals surface area (Å²) < 4.78 is 24.1. The lowest BCUT2D eigenvalue weighted by Crippen LogP contribution is -2.42. The van der Waals surface area contributed by atoms with Crippen molar-refractivity contribution in [1.82, 2.24) is 0 Å². The van der Waals surface area contributed by atoms with Crippen LogP contribution in [0.5, 0.6) is 17.2 Å². The molecule has 0 saturated heterocycles. The minimum Gasteiger partial charge on any atom is -0.489 e. The number of benzene rings is 3. The van der Waals surface area contributed by atoms with E-state index in [1.807, 2.05) is 42.5 Å². The zero-order chi connectivity index (χ0) is 27.3. The van der Waals surface area contributed by atoms with E-state index in [0.29, 0.717) is 26.2 Å². The van der Waals surface area contributed by atoms with Gasteiger partial charge < -0.3 is 18.9 Å². The summed E-state index contributed by atoms with van der Waals surface area (Å²) in [6.07, 6.45) is 2.26. The Hall–Kier alpha value is -3.12. The van der Waals surface area contributed by atoms with Gasteiger partial charge in [-0.1, -0.05) is 42.5 Å². The molecule has 0 N–H and O–H groups in total. The molecule has 2 atom stereocenters. The standard InChI is InChI=1S/C32H38O5S/c1-6-34-31(33)28(38)18-24-12-14-26(15-13-24)36-20-32(5)17-16-27-23(4)29(21(2)22(3)30(27)37-32)35-19-25-10-8-7-9-11-25/h7-15,28,38H,6,16-20H2,1-5H3/t28-,32+/m0/s1. The molecule has 0 amide bonds. The van der Waals surface area contributed by atoms with Crippen molar-refractivity contribution in [3.8, 4) is 17.2 Å². The number of carbonyl (C=O) groups is 1. The number of ether oxygens (including phenoxy) is 4. The quantitative estimate of drug-likeness (QED) is 0.230. The Kier molecular flexibility index (Phi) is 8.93. The molecular weight excluding hydrogens is 496 g/mol. The van der Waals surface area contributed by atoms with Gasteiger partial charge in [0.25, 0.3) is 0 Å². The first-order valence-corrected chi connectivity index (χ1v) is 13.8. The van der Waals surface area contributed by atoms with E-state index < -0.39 is 10.9 Å². The zero-order valence-electron chi connectivity index (χ0n) is 23.0. The normalized spacial score (nSPS) is 17.2. The van der Waals surface area contributed by atoms with Crippen molar-refractivity contribution in [2.75, 3.05) is 13.2 Å². The Morgan fingerprint density at radius 2 is 1.68 bits per heavy atom. The maximum absolute atomic E-state index is 11.8. The number of hydrogen-bond donors (Lipinski definition) is 1. The number of rotatable bonds is 10. The van der Waals surface area contributed by atoms with Crippen molar-refractivity contribution < 1.29 is 23.7 Å². The molecule has 1 heterocycles. The number of esters is 1. The van der Waals surface area contributed by atoms with Crippen LogP contribution < -0.4 is 14.2 Å². The largest absolute Gasteiger partial charge is 0.489 e. The molecule has 0 aromatic heterocycles. The summed E-state index contributed by atoms with van der Waals surface area (Å²) in [4.78, 5) is 11.8. The van der Waals surface area contributed by atoms with Crippen molar-refractivity contribution in [2.45, 2.75) is 71.3 Å². The zero-order valence-corrected chi connectivity index (χ0v) is 23.9. The summed E-state index contributed by atoms with van der Waals surface area (Å²) >= 11 is 4.37. The maximum Gasteiger partial charge on any atom is 0.319 e. The molecule has 38 heavy (non-hydrogen) atoms. The minimum absolute atomic E-state index is 0.297. The minimum atomic E-state index is -0.476. The van der Waals surface area contributed by atoms with Crippen molar-refractivity contribution in [2.24, 2.45) is 0 Å². The van der Waals surface area contributed by atoms with Gasteiger partial charge in [-0.2, -0.15) is 12.6 Å². The third kappa shape index (κ3) is 6.47. The Bertz CT molecular complexity index is 1260. The van der Waals surface area contributed by atoms with Crippen LogP contribution in [0.2, 0.25) is 0 Å². The van der Waals surface area contributed by atoms with Crippen LogP contribution in [0, 0.1) is 20.8 Å². The molecule has 0 saturated carbocycles. The monoisotopic (exact) mass is 534 g/mol. The molecule has 5 nitrogen and oxygen atoms in total. The summed E-state index contributed by atoms with van der Waals surface area (Å²) in [5.41, 5.74) is 6.33. The lowest BCUT2D eigenvalue weighted by atomic mass is 9.87. The second-order valence-corrected chi connectivity index (χ2v) is 10.9. The molecule has 6 heteroatoms. The van der Waals surface area contributed by atoms with E-state index in [0.717, 1.165) is 57.9 Å². The van der Waals surface area contributed by atoms with E-state index in [-0.39, 0.29) is 5.97 Å². The van der Waals surface area contributed by atoms with E-state index >= 15 is 0 Å².